The first kappa shape index (κ1) is 9.51. The van der Waals surface area contributed by atoms with Crippen molar-refractivity contribution in [3.05, 3.63) is 24.3 Å². The molecule has 0 amide bonds. The summed E-state index contributed by atoms with van der Waals surface area (Å²) >= 11 is 0. The molecule has 0 aliphatic rings. The summed E-state index contributed by atoms with van der Waals surface area (Å²) in [5.41, 5.74) is 6.17. The third kappa shape index (κ3) is 2.07. The molecule has 0 unspecified atom stereocenters. The molecule has 1 heterocycles. The molecule has 1 aromatic carbocycles. The van der Waals surface area contributed by atoms with Crippen LogP contribution in [-0.4, -0.2) is 16.7 Å². The number of nitrogen functional groups attached to an aromatic ring is 1. The summed E-state index contributed by atoms with van der Waals surface area (Å²) in [6.45, 7) is 2.58. The molecule has 0 aliphatic heterocycles. The van der Waals surface area contributed by atoms with Crippen LogP contribution in [0, 0.1) is 0 Å². The monoisotopic (exact) mass is 205 g/mol. The molecule has 5 heteroatoms. The second-order valence-corrected chi connectivity index (χ2v) is 2.92. The number of rotatable bonds is 3. The van der Waals surface area contributed by atoms with Gasteiger partial charge in [-0.2, -0.15) is 4.98 Å². The van der Waals surface area contributed by atoms with Gasteiger partial charge in [0.1, 0.15) is 5.75 Å². The van der Waals surface area contributed by atoms with Crippen LogP contribution in [0.15, 0.2) is 28.8 Å². The Hall–Kier alpha value is -2.04. The van der Waals surface area contributed by atoms with Gasteiger partial charge in [0.15, 0.2) is 0 Å². The van der Waals surface area contributed by atoms with Gasteiger partial charge in [-0.1, -0.05) is 0 Å². The Morgan fingerprint density at radius 1 is 1.33 bits per heavy atom. The summed E-state index contributed by atoms with van der Waals surface area (Å²) in [6.07, 6.45) is 0. The molecule has 5 nitrogen and oxygen atoms in total. The lowest BCUT2D eigenvalue weighted by Crippen LogP contribution is -1.90. The molecule has 78 valence electrons. The Kier molecular flexibility index (Phi) is 2.53. The number of hydrogen-bond acceptors (Lipinski definition) is 5. The van der Waals surface area contributed by atoms with Gasteiger partial charge >= 0.3 is 0 Å². The van der Waals surface area contributed by atoms with Crippen molar-refractivity contribution >= 4 is 5.95 Å². The van der Waals surface area contributed by atoms with Crippen LogP contribution < -0.4 is 10.5 Å². The molecule has 15 heavy (non-hydrogen) atoms. The summed E-state index contributed by atoms with van der Waals surface area (Å²) in [5.74, 6) is 1.36. The van der Waals surface area contributed by atoms with Gasteiger partial charge in [0.2, 0.25) is 0 Å². The van der Waals surface area contributed by atoms with E-state index in [-0.39, 0.29) is 5.95 Å². The fourth-order valence-electron chi connectivity index (χ4n) is 1.21. The number of nitrogens with zero attached hydrogens (tertiary/aromatic N) is 2. The van der Waals surface area contributed by atoms with Crippen molar-refractivity contribution < 1.29 is 9.26 Å². The van der Waals surface area contributed by atoms with E-state index in [2.05, 4.69) is 10.1 Å². The summed E-state index contributed by atoms with van der Waals surface area (Å²) in [4.78, 5) is 3.92. The van der Waals surface area contributed by atoms with Gasteiger partial charge in [-0.15, -0.1) is 0 Å². The van der Waals surface area contributed by atoms with Crippen molar-refractivity contribution in [2.24, 2.45) is 0 Å². The Balaban J connectivity index is 2.23. The third-order valence-corrected chi connectivity index (χ3v) is 1.85. The maximum Gasteiger partial charge on any atom is 0.261 e. The van der Waals surface area contributed by atoms with Gasteiger partial charge in [-0.25, -0.2) is 0 Å². The van der Waals surface area contributed by atoms with Gasteiger partial charge in [0.25, 0.3) is 11.8 Å². The van der Waals surface area contributed by atoms with Crippen molar-refractivity contribution in [2.75, 3.05) is 12.3 Å². The highest BCUT2D eigenvalue weighted by molar-refractivity contribution is 5.55. The van der Waals surface area contributed by atoms with Gasteiger partial charge < -0.3 is 15.0 Å². The minimum atomic E-state index is 0.138. The van der Waals surface area contributed by atoms with Gasteiger partial charge in [-0.05, 0) is 36.3 Å². The van der Waals surface area contributed by atoms with E-state index < -0.39 is 0 Å². The molecular formula is C10H11N3O2. The Labute approximate surface area is 86.9 Å². The van der Waals surface area contributed by atoms with Crippen molar-refractivity contribution in [1.29, 1.82) is 0 Å². The first-order valence-corrected chi connectivity index (χ1v) is 4.62. The molecule has 0 atom stereocenters. The zero-order chi connectivity index (χ0) is 10.7. The van der Waals surface area contributed by atoms with E-state index in [1.165, 1.54) is 0 Å². The summed E-state index contributed by atoms with van der Waals surface area (Å²) in [7, 11) is 0. The lowest BCUT2D eigenvalue weighted by molar-refractivity contribution is 0.340. The number of ether oxygens (including phenoxy) is 1. The average molecular weight is 205 g/mol. The number of aromatic nitrogens is 2. The van der Waals surface area contributed by atoms with E-state index in [9.17, 15) is 0 Å². The van der Waals surface area contributed by atoms with Crippen molar-refractivity contribution in [1.82, 2.24) is 10.1 Å². The zero-order valence-electron chi connectivity index (χ0n) is 8.30. The van der Waals surface area contributed by atoms with Crippen LogP contribution >= 0.6 is 0 Å². The standard InChI is InChI=1S/C10H11N3O2/c1-2-14-8-5-3-7(4-6-8)9-12-10(11)13-15-9/h3-6H,2H2,1H3,(H2,11,13). The van der Waals surface area contributed by atoms with Gasteiger partial charge in [0.05, 0.1) is 6.61 Å². The van der Waals surface area contributed by atoms with Crippen molar-refractivity contribution in [3.8, 4) is 17.2 Å². The highest BCUT2D eigenvalue weighted by Crippen LogP contribution is 2.20. The molecule has 2 aromatic rings. The maximum absolute atomic E-state index is 5.35. The van der Waals surface area contributed by atoms with Crippen LogP contribution in [0.3, 0.4) is 0 Å². The minimum absolute atomic E-state index is 0.138. The van der Waals surface area contributed by atoms with E-state index in [0.29, 0.717) is 12.5 Å². The average Bonchev–Trinajstić information content (AvgIpc) is 2.67. The quantitative estimate of drug-likeness (QED) is 0.825. The highest BCUT2D eigenvalue weighted by atomic mass is 16.5. The topological polar surface area (TPSA) is 74.2 Å². The summed E-state index contributed by atoms with van der Waals surface area (Å²) in [6, 6.07) is 7.38. The molecule has 1 aromatic heterocycles. The lowest BCUT2D eigenvalue weighted by Gasteiger charge is -2.01. The summed E-state index contributed by atoms with van der Waals surface area (Å²) in [5, 5.41) is 3.51. The first-order valence-electron chi connectivity index (χ1n) is 4.62. The Morgan fingerprint density at radius 3 is 2.60 bits per heavy atom. The van der Waals surface area contributed by atoms with Gasteiger partial charge in [0, 0.05) is 5.56 Å². The van der Waals surface area contributed by atoms with E-state index in [4.69, 9.17) is 15.0 Å². The fraction of sp³-hybridized carbons (Fsp3) is 0.200. The van der Waals surface area contributed by atoms with E-state index in [1.807, 2.05) is 31.2 Å². The first-order chi connectivity index (χ1) is 7.29. The molecule has 0 spiro atoms. The van der Waals surface area contributed by atoms with Crippen LogP contribution in [0.25, 0.3) is 11.5 Å². The Morgan fingerprint density at radius 2 is 2.07 bits per heavy atom. The number of hydrogen-bond donors (Lipinski definition) is 1. The van der Waals surface area contributed by atoms with Crippen LogP contribution in [0.2, 0.25) is 0 Å². The van der Waals surface area contributed by atoms with E-state index in [0.717, 1.165) is 11.3 Å². The molecule has 0 fully saturated rings. The molecule has 0 radical (unpaired) electrons. The number of benzene rings is 1. The molecule has 2 rings (SSSR count). The molecule has 2 N–H and O–H groups in total. The van der Waals surface area contributed by atoms with Gasteiger partial charge in [-0.3, -0.25) is 0 Å². The molecule has 0 saturated heterocycles. The molecule has 0 bridgehead atoms. The molecule has 0 saturated carbocycles. The zero-order valence-corrected chi connectivity index (χ0v) is 8.30. The number of nitrogens with two attached hydrogens (primary N) is 1. The molecular weight excluding hydrogens is 194 g/mol. The highest BCUT2D eigenvalue weighted by Gasteiger charge is 2.05. The maximum atomic E-state index is 5.35. The minimum Gasteiger partial charge on any atom is -0.494 e. The second-order valence-electron chi connectivity index (χ2n) is 2.92. The van der Waals surface area contributed by atoms with Crippen molar-refractivity contribution in [3.63, 3.8) is 0 Å². The smallest absolute Gasteiger partial charge is 0.261 e. The van der Waals surface area contributed by atoms with Crippen LogP contribution in [0.4, 0.5) is 5.95 Å². The molecule has 0 aliphatic carbocycles. The second kappa shape index (κ2) is 4.00. The van der Waals surface area contributed by atoms with Crippen molar-refractivity contribution in [2.45, 2.75) is 6.92 Å². The SMILES string of the molecule is CCOc1ccc(-c2nc(N)no2)cc1. The fourth-order valence-corrected chi connectivity index (χ4v) is 1.21. The summed E-state index contributed by atoms with van der Waals surface area (Å²) < 4.78 is 10.2. The third-order valence-electron chi connectivity index (χ3n) is 1.85. The lowest BCUT2D eigenvalue weighted by atomic mass is 10.2. The van der Waals surface area contributed by atoms with Crippen LogP contribution in [0.5, 0.6) is 5.75 Å². The van der Waals surface area contributed by atoms with Crippen LogP contribution in [-0.2, 0) is 0 Å². The van der Waals surface area contributed by atoms with E-state index in [1.54, 1.807) is 0 Å². The predicted molar refractivity (Wildman–Crippen MR) is 55.3 cm³/mol. The normalized spacial score (nSPS) is 10.2. The van der Waals surface area contributed by atoms with E-state index >= 15 is 0 Å². The number of anilines is 1. The Bertz CT molecular complexity index is 436. The predicted octanol–water partition coefficient (Wildman–Crippen LogP) is 1.72. The van der Waals surface area contributed by atoms with Crippen LogP contribution in [0.1, 0.15) is 6.92 Å². The largest absolute Gasteiger partial charge is 0.494 e.